The molecule has 0 saturated heterocycles. The number of nitrogens with one attached hydrogen (secondary N) is 2. The maximum absolute atomic E-state index is 10.6. The van der Waals surface area contributed by atoms with Crippen LogP contribution in [0.5, 0.6) is 0 Å². The first kappa shape index (κ1) is 10.5. The van der Waals surface area contributed by atoms with Gasteiger partial charge in [0.05, 0.1) is 16.7 Å². The van der Waals surface area contributed by atoms with Crippen molar-refractivity contribution in [2.24, 2.45) is 0 Å². The minimum absolute atomic E-state index is 0.668. The van der Waals surface area contributed by atoms with Gasteiger partial charge in [-0.15, -0.1) is 0 Å². The van der Waals surface area contributed by atoms with E-state index < -0.39 is 0 Å². The van der Waals surface area contributed by atoms with Crippen LogP contribution < -0.4 is 5.32 Å². The van der Waals surface area contributed by atoms with Crippen LogP contribution in [0.1, 0.15) is 0 Å². The molecule has 0 saturated carbocycles. The number of aromatic amines is 1. The smallest absolute Gasteiger partial charge is 0.211 e. The summed E-state index contributed by atoms with van der Waals surface area (Å²) < 4.78 is 0. The van der Waals surface area contributed by atoms with Gasteiger partial charge in [-0.2, -0.15) is 0 Å². The topological polar surface area (TPSA) is 57.8 Å². The van der Waals surface area contributed by atoms with Gasteiger partial charge in [-0.05, 0) is 24.3 Å². The molecule has 0 radical (unpaired) electrons. The number of hydrogen-bond donors (Lipinski definition) is 2. The average molecular weight is 237 g/mol. The summed E-state index contributed by atoms with van der Waals surface area (Å²) in [6.45, 7) is 0. The minimum Gasteiger partial charge on any atom is -0.338 e. The Balaban J connectivity index is 2.16. The third-order valence-corrected chi connectivity index (χ3v) is 2.79. The molecule has 0 fully saturated rings. The van der Waals surface area contributed by atoms with Gasteiger partial charge >= 0.3 is 0 Å². The van der Waals surface area contributed by atoms with Crippen molar-refractivity contribution in [3.8, 4) is 11.4 Å². The average Bonchev–Trinajstić information content (AvgIpc) is 2.83. The van der Waals surface area contributed by atoms with Crippen LogP contribution in [0.15, 0.2) is 48.5 Å². The highest BCUT2D eigenvalue weighted by Gasteiger charge is 2.08. The van der Waals surface area contributed by atoms with Crippen LogP contribution in [0.25, 0.3) is 22.4 Å². The lowest BCUT2D eigenvalue weighted by Crippen LogP contribution is -1.96. The molecule has 4 nitrogen and oxygen atoms in total. The molecule has 1 aromatic heterocycles. The van der Waals surface area contributed by atoms with Crippen LogP contribution in [0.2, 0.25) is 0 Å². The van der Waals surface area contributed by atoms with E-state index in [1.54, 1.807) is 0 Å². The highest BCUT2D eigenvalue weighted by atomic mass is 16.1. The van der Waals surface area contributed by atoms with Gasteiger partial charge < -0.3 is 10.3 Å². The Labute approximate surface area is 104 Å². The molecule has 2 aromatic carbocycles. The number of imidazole rings is 1. The van der Waals surface area contributed by atoms with E-state index in [1.165, 1.54) is 0 Å². The van der Waals surface area contributed by atoms with Crippen molar-refractivity contribution in [2.45, 2.75) is 0 Å². The molecule has 0 aliphatic heterocycles. The lowest BCUT2D eigenvalue weighted by atomic mass is 10.1. The van der Waals surface area contributed by atoms with Crippen LogP contribution in [0, 0.1) is 0 Å². The number of aromatic nitrogens is 2. The molecule has 1 amide bonds. The van der Waals surface area contributed by atoms with E-state index >= 15 is 0 Å². The van der Waals surface area contributed by atoms with E-state index in [0.29, 0.717) is 6.41 Å². The molecule has 3 rings (SSSR count). The van der Waals surface area contributed by atoms with Crippen LogP contribution in [-0.2, 0) is 4.79 Å². The van der Waals surface area contributed by atoms with Gasteiger partial charge in [-0.1, -0.05) is 24.3 Å². The number of carbonyl (C=O) groups excluding carboxylic acids is 1. The summed E-state index contributed by atoms with van der Waals surface area (Å²) in [6.07, 6.45) is 0.668. The van der Waals surface area contributed by atoms with Gasteiger partial charge in [0.1, 0.15) is 5.82 Å². The van der Waals surface area contributed by atoms with Crippen LogP contribution >= 0.6 is 0 Å². The quantitative estimate of drug-likeness (QED) is 0.688. The monoisotopic (exact) mass is 237 g/mol. The Morgan fingerprint density at radius 3 is 2.67 bits per heavy atom. The van der Waals surface area contributed by atoms with E-state index in [4.69, 9.17) is 0 Å². The van der Waals surface area contributed by atoms with Crippen molar-refractivity contribution >= 4 is 23.1 Å². The molecule has 0 atom stereocenters. The molecule has 0 unspecified atom stereocenters. The number of nitrogens with zero attached hydrogens (tertiary/aromatic N) is 1. The van der Waals surface area contributed by atoms with Gasteiger partial charge in [-0.3, -0.25) is 4.79 Å². The number of H-pyrrole nitrogens is 1. The van der Waals surface area contributed by atoms with Gasteiger partial charge in [0.25, 0.3) is 0 Å². The second-order valence-corrected chi connectivity index (χ2v) is 3.91. The maximum atomic E-state index is 10.6. The molecule has 3 aromatic rings. The first-order valence-corrected chi connectivity index (χ1v) is 5.63. The van der Waals surface area contributed by atoms with Gasteiger partial charge in [0, 0.05) is 5.56 Å². The number of benzene rings is 2. The fourth-order valence-corrected chi connectivity index (χ4v) is 1.96. The highest BCUT2D eigenvalue weighted by Crippen LogP contribution is 2.26. The van der Waals surface area contributed by atoms with Gasteiger partial charge in [0.15, 0.2) is 0 Å². The maximum Gasteiger partial charge on any atom is 0.211 e. The standard InChI is InChI=1S/C14H11N3O/c18-9-15-11-6-2-1-5-10(11)14-16-12-7-3-4-8-13(12)17-14/h1-9H,(H,15,18)(H,16,17). The summed E-state index contributed by atoms with van der Waals surface area (Å²) in [7, 11) is 0. The van der Waals surface area contributed by atoms with Crippen molar-refractivity contribution in [2.75, 3.05) is 5.32 Å². The number of fused-ring (bicyclic) bond motifs is 1. The zero-order valence-corrected chi connectivity index (χ0v) is 9.55. The van der Waals surface area contributed by atoms with Crippen molar-refractivity contribution < 1.29 is 4.79 Å². The van der Waals surface area contributed by atoms with E-state index in [-0.39, 0.29) is 0 Å². The zero-order valence-electron chi connectivity index (χ0n) is 9.55. The van der Waals surface area contributed by atoms with Gasteiger partial charge in [0.2, 0.25) is 6.41 Å². The Kier molecular flexibility index (Phi) is 2.53. The summed E-state index contributed by atoms with van der Waals surface area (Å²) in [6, 6.07) is 15.4. The Bertz CT molecular complexity index is 670. The number of rotatable bonds is 3. The van der Waals surface area contributed by atoms with E-state index in [1.807, 2.05) is 48.5 Å². The zero-order chi connectivity index (χ0) is 12.4. The molecule has 4 heteroatoms. The molecule has 0 bridgehead atoms. The molecule has 88 valence electrons. The SMILES string of the molecule is O=CNc1ccccc1-c1nc2ccccc2[nH]1. The molecule has 2 N–H and O–H groups in total. The molecule has 0 aliphatic carbocycles. The number of carbonyl (C=O) groups is 1. The third-order valence-electron chi connectivity index (χ3n) is 2.79. The predicted molar refractivity (Wildman–Crippen MR) is 71.2 cm³/mol. The predicted octanol–water partition coefficient (Wildman–Crippen LogP) is 2.80. The molecular weight excluding hydrogens is 226 g/mol. The minimum atomic E-state index is 0.668. The van der Waals surface area contributed by atoms with Gasteiger partial charge in [-0.25, -0.2) is 4.98 Å². The lowest BCUT2D eigenvalue weighted by molar-refractivity contribution is -0.105. The van der Waals surface area contributed by atoms with Crippen LogP contribution in [-0.4, -0.2) is 16.4 Å². The summed E-state index contributed by atoms with van der Waals surface area (Å²) in [4.78, 5) is 18.3. The lowest BCUT2D eigenvalue weighted by Gasteiger charge is -2.04. The normalized spacial score (nSPS) is 10.4. The summed E-state index contributed by atoms with van der Waals surface area (Å²) in [5.41, 5.74) is 3.51. The summed E-state index contributed by atoms with van der Waals surface area (Å²) in [5, 5.41) is 2.68. The summed E-state index contributed by atoms with van der Waals surface area (Å²) in [5.74, 6) is 0.751. The van der Waals surface area contributed by atoms with Crippen molar-refractivity contribution in [3.05, 3.63) is 48.5 Å². The molecule has 0 aliphatic rings. The molecule has 1 heterocycles. The number of para-hydroxylation sites is 3. The molecule has 0 spiro atoms. The molecule has 18 heavy (non-hydrogen) atoms. The fraction of sp³-hybridized carbons (Fsp3) is 0. The fourth-order valence-electron chi connectivity index (χ4n) is 1.96. The number of amides is 1. The Morgan fingerprint density at radius 2 is 1.83 bits per heavy atom. The van der Waals surface area contributed by atoms with E-state index in [9.17, 15) is 4.79 Å². The van der Waals surface area contributed by atoms with Crippen molar-refractivity contribution in [1.82, 2.24) is 9.97 Å². The third kappa shape index (κ3) is 1.73. The van der Waals surface area contributed by atoms with Crippen molar-refractivity contribution in [3.63, 3.8) is 0 Å². The summed E-state index contributed by atoms with van der Waals surface area (Å²) >= 11 is 0. The second kappa shape index (κ2) is 4.33. The second-order valence-electron chi connectivity index (χ2n) is 3.91. The Hall–Kier alpha value is -2.62. The number of hydrogen-bond acceptors (Lipinski definition) is 2. The van der Waals surface area contributed by atoms with E-state index in [0.717, 1.165) is 28.1 Å². The van der Waals surface area contributed by atoms with Crippen LogP contribution in [0.4, 0.5) is 5.69 Å². The first-order valence-electron chi connectivity index (χ1n) is 5.63. The van der Waals surface area contributed by atoms with Crippen LogP contribution in [0.3, 0.4) is 0 Å². The molecular formula is C14H11N3O. The number of anilines is 1. The highest BCUT2D eigenvalue weighted by molar-refractivity contribution is 5.86. The first-order chi connectivity index (χ1) is 8.88. The van der Waals surface area contributed by atoms with Crippen molar-refractivity contribution in [1.29, 1.82) is 0 Å². The Morgan fingerprint density at radius 1 is 1.06 bits per heavy atom. The van der Waals surface area contributed by atoms with E-state index in [2.05, 4.69) is 15.3 Å². The largest absolute Gasteiger partial charge is 0.338 e.